The molecule has 0 aliphatic heterocycles. The van der Waals surface area contributed by atoms with E-state index in [-0.39, 0.29) is 0 Å². The van der Waals surface area contributed by atoms with Gasteiger partial charge >= 0.3 is 0 Å². The summed E-state index contributed by atoms with van der Waals surface area (Å²) in [5.41, 5.74) is 5.01. The number of rotatable bonds is 2. The summed E-state index contributed by atoms with van der Waals surface area (Å²) >= 11 is 0. The van der Waals surface area contributed by atoms with Gasteiger partial charge in [-0.1, -0.05) is 0 Å². The van der Waals surface area contributed by atoms with Crippen LogP contribution in [0.15, 0.2) is 0 Å². The average Bonchev–Trinajstić information content (AvgIpc) is 2.20. The molecular weight excluding hydrogens is 182 g/mol. The lowest BCUT2D eigenvalue weighted by Crippen LogP contribution is -2.03. The lowest BCUT2D eigenvalue weighted by atomic mass is 9.90. The molecule has 0 amide bonds. The maximum absolute atomic E-state index is 12.8. The molecule has 78 valence electrons. The zero-order valence-corrected chi connectivity index (χ0v) is 9.17. The molecule has 0 atom stereocenters. The number of benzene rings is 1. The van der Waals surface area contributed by atoms with Crippen LogP contribution in [0.2, 0.25) is 0 Å². The van der Waals surface area contributed by atoms with E-state index in [1.165, 1.54) is 0 Å². The van der Waals surface area contributed by atoms with Gasteiger partial charge in [0.15, 0.2) is 0 Å². The summed E-state index contributed by atoms with van der Waals surface area (Å²) in [6.07, 6.45) is 0. The van der Waals surface area contributed by atoms with E-state index < -0.39 is 13.3 Å². The highest BCUT2D eigenvalue weighted by atomic mass is 19.1. The molecule has 0 bridgehead atoms. The lowest BCUT2D eigenvalue weighted by molar-refractivity contribution is 0.451. The molecule has 0 saturated carbocycles. The van der Waals surface area contributed by atoms with Crippen molar-refractivity contribution in [3.8, 4) is 0 Å². The summed E-state index contributed by atoms with van der Waals surface area (Å²) in [6.45, 7) is 6.48. The van der Waals surface area contributed by atoms with Gasteiger partial charge in [-0.05, 0) is 61.1 Å². The number of hydrogen-bond donors (Lipinski definition) is 0. The van der Waals surface area contributed by atoms with Gasteiger partial charge in [-0.25, -0.2) is 8.78 Å². The van der Waals surface area contributed by atoms with Gasteiger partial charge in [0.1, 0.15) is 13.3 Å². The fourth-order valence-electron chi connectivity index (χ4n) is 1.83. The predicted molar refractivity (Wildman–Crippen MR) is 55.0 cm³/mol. The van der Waals surface area contributed by atoms with E-state index in [1.807, 2.05) is 27.7 Å². The summed E-state index contributed by atoms with van der Waals surface area (Å²) < 4.78 is 25.5. The van der Waals surface area contributed by atoms with Crippen molar-refractivity contribution < 1.29 is 8.78 Å². The molecule has 1 aromatic carbocycles. The normalized spacial score (nSPS) is 10.7. The first-order valence-corrected chi connectivity index (χ1v) is 4.74. The highest BCUT2D eigenvalue weighted by Crippen LogP contribution is 2.27. The molecule has 0 saturated heterocycles. The second-order valence-corrected chi connectivity index (χ2v) is 3.72. The topological polar surface area (TPSA) is 0 Å². The molecule has 0 aliphatic rings. The maximum Gasteiger partial charge on any atom is 0.115 e. The molecule has 0 aromatic heterocycles. The fourth-order valence-corrected chi connectivity index (χ4v) is 1.83. The predicted octanol–water partition coefficient (Wildman–Crippen LogP) is 3.86. The standard InChI is InChI=1S/C12H16F2/c1-7-8(2)10(4)12(6-14)11(5-13)9(7)3/h5-6H2,1-4H3. The summed E-state index contributed by atoms with van der Waals surface area (Å²) in [5, 5.41) is 0. The molecular formula is C12H16F2. The van der Waals surface area contributed by atoms with Crippen molar-refractivity contribution in [3.05, 3.63) is 33.4 Å². The van der Waals surface area contributed by atoms with Gasteiger partial charge in [0.25, 0.3) is 0 Å². The van der Waals surface area contributed by atoms with E-state index in [0.29, 0.717) is 11.1 Å². The fraction of sp³-hybridized carbons (Fsp3) is 0.500. The van der Waals surface area contributed by atoms with E-state index in [9.17, 15) is 8.78 Å². The third-order valence-electron chi connectivity index (χ3n) is 3.22. The van der Waals surface area contributed by atoms with Gasteiger partial charge in [-0.2, -0.15) is 0 Å². The van der Waals surface area contributed by atoms with Crippen molar-refractivity contribution >= 4 is 0 Å². The summed E-state index contributed by atoms with van der Waals surface area (Å²) in [7, 11) is 0. The van der Waals surface area contributed by atoms with Crippen LogP contribution in [0.25, 0.3) is 0 Å². The monoisotopic (exact) mass is 198 g/mol. The van der Waals surface area contributed by atoms with Gasteiger partial charge in [0.2, 0.25) is 0 Å². The molecule has 2 heteroatoms. The van der Waals surface area contributed by atoms with E-state index in [1.54, 1.807) is 0 Å². The summed E-state index contributed by atoms with van der Waals surface area (Å²) in [4.78, 5) is 0. The summed E-state index contributed by atoms with van der Waals surface area (Å²) in [5.74, 6) is 0. The first kappa shape index (κ1) is 11.2. The van der Waals surface area contributed by atoms with Gasteiger partial charge in [0.05, 0.1) is 0 Å². The van der Waals surface area contributed by atoms with Crippen LogP contribution in [0.3, 0.4) is 0 Å². The third-order valence-corrected chi connectivity index (χ3v) is 3.22. The Labute approximate surface area is 84.0 Å². The van der Waals surface area contributed by atoms with Crippen molar-refractivity contribution in [1.29, 1.82) is 0 Å². The van der Waals surface area contributed by atoms with Gasteiger partial charge in [-0.3, -0.25) is 0 Å². The lowest BCUT2D eigenvalue weighted by Gasteiger charge is -2.17. The smallest absolute Gasteiger partial charge is 0.115 e. The van der Waals surface area contributed by atoms with E-state index in [4.69, 9.17) is 0 Å². The molecule has 0 fully saturated rings. The molecule has 0 heterocycles. The number of hydrogen-bond acceptors (Lipinski definition) is 0. The Morgan fingerprint density at radius 3 is 1.14 bits per heavy atom. The van der Waals surface area contributed by atoms with Crippen molar-refractivity contribution in [2.24, 2.45) is 0 Å². The Hall–Kier alpha value is -0.920. The van der Waals surface area contributed by atoms with Crippen molar-refractivity contribution in [3.63, 3.8) is 0 Å². The zero-order valence-electron chi connectivity index (χ0n) is 9.17. The molecule has 0 spiro atoms. The van der Waals surface area contributed by atoms with E-state index in [2.05, 4.69) is 0 Å². The van der Waals surface area contributed by atoms with Crippen LogP contribution in [-0.2, 0) is 13.3 Å². The Balaban J connectivity index is 3.57. The van der Waals surface area contributed by atoms with Crippen LogP contribution in [0.1, 0.15) is 33.4 Å². The quantitative estimate of drug-likeness (QED) is 0.677. The van der Waals surface area contributed by atoms with Gasteiger partial charge < -0.3 is 0 Å². The first-order valence-electron chi connectivity index (χ1n) is 4.74. The minimum atomic E-state index is -0.576. The molecule has 0 radical (unpaired) electrons. The van der Waals surface area contributed by atoms with Crippen molar-refractivity contribution in [1.82, 2.24) is 0 Å². The van der Waals surface area contributed by atoms with Crippen LogP contribution in [0.5, 0.6) is 0 Å². The molecule has 1 rings (SSSR count). The second kappa shape index (κ2) is 4.07. The molecule has 1 aromatic rings. The Kier molecular flexibility index (Phi) is 3.25. The SMILES string of the molecule is Cc1c(C)c(C)c(CF)c(CF)c1C. The van der Waals surface area contributed by atoms with Crippen LogP contribution >= 0.6 is 0 Å². The third kappa shape index (κ3) is 1.54. The number of halogens is 2. The van der Waals surface area contributed by atoms with Crippen molar-refractivity contribution in [2.45, 2.75) is 41.0 Å². The van der Waals surface area contributed by atoms with Crippen LogP contribution < -0.4 is 0 Å². The van der Waals surface area contributed by atoms with Crippen LogP contribution in [0, 0.1) is 27.7 Å². The summed E-state index contributed by atoms with van der Waals surface area (Å²) in [6, 6.07) is 0. The molecule has 14 heavy (non-hydrogen) atoms. The Morgan fingerprint density at radius 2 is 0.929 bits per heavy atom. The Bertz CT molecular complexity index is 319. The molecule has 0 unspecified atom stereocenters. The maximum atomic E-state index is 12.8. The van der Waals surface area contributed by atoms with Crippen LogP contribution in [0.4, 0.5) is 8.78 Å². The highest BCUT2D eigenvalue weighted by Gasteiger charge is 2.14. The molecule has 0 aliphatic carbocycles. The van der Waals surface area contributed by atoms with Crippen LogP contribution in [-0.4, -0.2) is 0 Å². The minimum Gasteiger partial charge on any atom is -0.246 e. The molecule has 0 nitrogen and oxygen atoms in total. The Morgan fingerprint density at radius 1 is 0.643 bits per heavy atom. The van der Waals surface area contributed by atoms with Crippen molar-refractivity contribution in [2.75, 3.05) is 0 Å². The minimum absolute atomic E-state index is 0.535. The molecule has 0 N–H and O–H groups in total. The number of alkyl halides is 2. The first-order chi connectivity index (χ1) is 6.54. The average molecular weight is 198 g/mol. The second-order valence-electron chi connectivity index (χ2n) is 3.72. The van der Waals surface area contributed by atoms with E-state index in [0.717, 1.165) is 22.3 Å². The van der Waals surface area contributed by atoms with Gasteiger partial charge in [0, 0.05) is 0 Å². The van der Waals surface area contributed by atoms with E-state index >= 15 is 0 Å². The van der Waals surface area contributed by atoms with Gasteiger partial charge in [-0.15, -0.1) is 0 Å². The highest BCUT2D eigenvalue weighted by molar-refractivity contribution is 5.49. The zero-order chi connectivity index (χ0) is 10.9. The largest absolute Gasteiger partial charge is 0.246 e.